The normalized spacial score (nSPS) is 19.0. The standard InChI is InChI=1S/C16H16F2N4O2/c1-24-13-5-3-2-4-10(13)11-6-14(21-9-20-11)22-15(23)12-7-16(17,18)8-19-12/h2-6,9,12,19H,7-8H2,1H3,(H,20,21,22,23). The predicted octanol–water partition coefficient (Wildman–Crippen LogP) is 2.09. The van der Waals surface area contributed by atoms with Gasteiger partial charge in [-0.2, -0.15) is 0 Å². The summed E-state index contributed by atoms with van der Waals surface area (Å²) >= 11 is 0. The number of benzene rings is 1. The van der Waals surface area contributed by atoms with E-state index in [4.69, 9.17) is 4.74 Å². The molecule has 2 heterocycles. The summed E-state index contributed by atoms with van der Waals surface area (Å²) in [6.45, 7) is -0.499. The minimum Gasteiger partial charge on any atom is -0.496 e. The molecule has 3 rings (SSSR count). The zero-order valence-corrected chi connectivity index (χ0v) is 12.9. The summed E-state index contributed by atoms with van der Waals surface area (Å²) in [5.74, 6) is -2.54. The quantitative estimate of drug-likeness (QED) is 0.895. The van der Waals surface area contributed by atoms with E-state index in [1.807, 2.05) is 18.2 Å². The Balaban J connectivity index is 1.77. The minimum atomic E-state index is -2.86. The van der Waals surface area contributed by atoms with E-state index in [9.17, 15) is 13.6 Å². The largest absolute Gasteiger partial charge is 0.496 e. The van der Waals surface area contributed by atoms with Gasteiger partial charge in [0.2, 0.25) is 5.91 Å². The van der Waals surface area contributed by atoms with Gasteiger partial charge >= 0.3 is 0 Å². The number of rotatable bonds is 4. The van der Waals surface area contributed by atoms with Crippen LogP contribution in [0.2, 0.25) is 0 Å². The number of hydrogen-bond acceptors (Lipinski definition) is 5. The number of carbonyl (C=O) groups excluding carboxylic acids is 1. The molecule has 6 nitrogen and oxygen atoms in total. The molecule has 2 aromatic rings. The Hall–Kier alpha value is -2.61. The first-order chi connectivity index (χ1) is 11.5. The van der Waals surface area contributed by atoms with E-state index in [1.54, 1.807) is 19.2 Å². The number of nitrogens with zero attached hydrogens (tertiary/aromatic N) is 2. The third-order valence-corrected chi connectivity index (χ3v) is 3.73. The first kappa shape index (κ1) is 16.3. The summed E-state index contributed by atoms with van der Waals surface area (Å²) in [5, 5.41) is 5.05. The number of halogens is 2. The van der Waals surface area contributed by atoms with Crippen LogP contribution in [-0.4, -0.2) is 41.5 Å². The lowest BCUT2D eigenvalue weighted by atomic mass is 10.1. The summed E-state index contributed by atoms with van der Waals surface area (Å²) in [7, 11) is 1.55. The average molecular weight is 334 g/mol. The van der Waals surface area contributed by atoms with Crippen molar-refractivity contribution >= 4 is 11.7 Å². The van der Waals surface area contributed by atoms with Crippen molar-refractivity contribution in [3.63, 3.8) is 0 Å². The molecule has 1 atom stereocenters. The van der Waals surface area contributed by atoms with Crippen molar-refractivity contribution in [3.05, 3.63) is 36.7 Å². The Morgan fingerprint density at radius 2 is 2.17 bits per heavy atom. The van der Waals surface area contributed by atoms with Gasteiger partial charge in [0.25, 0.3) is 5.92 Å². The number of amides is 1. The molecule has 1 unspecified atom stereocenters. The summed E-state index contributed by atoms with van der Waals surface area (Å²) in [5.41, 5.74) is 1.30. The Morgan fingerprint density at radius 1 is 1.38 bits per heavy atom. The lowest BCUT2D eigenvalue weighted by Gasteiger charge is -2.12. The molecule has 1 amide bonds. The van der Waals surface area contributed by atoms with Crippen LogP contribution in [0.25, 0.3) is 11.3 Å². The van der Waals surface area contributed by atoms with E-state index in [1.165, 1.54) is 6.33 Å². The number of para-hydroxylation sites is 1. The summed E-state index contributed by atoms with van der Waals surface area (Å²) in [6, 6.07) is 7.92. The maximum atomic E-state index is 13.2. The van der Waals surface area contributed by atoms with E-state index >= 15 is 0 Å². The Labute approximate surface area is 137 Å². The number of alkyl halides is 2. The summed E-state index contributed by atoms with van der Waals surface area (Å²) in [4.78, 5) is 20.2. The van der Waals surface area contributed by atoms with Gasteiger partial charge in [0.1, 0.15) is 17.9 Å². The number of anilines is 1. The van der Waals surface area contributed by atoms with Gasteiger partial charge in [-0.15, -0.1) is 0 Å². The second-order valence-corrected chi connectivity index (χ2v) is 5.47. The highest BCUT2D eigenvalue weighted by Gasteiger charge is 2.42. The molecule has 1 aromatic heterocycles. The van der Waals surface area contributed by atoms with Gasteiger partial charge in [-0.3, -0.25) is 10.1 Å². The zero-order valence-electron chi connectivity index (χ0n) is 12.9. The highest BCUT2D eigenvalue weighted by atomic mass is 19.3. The molecule has 126 valence electrons. The van der Waals surface area contributed by atoms with Gasteiger partial charge < -0.3 is 10.1 Å². The number of hydrogen-bond donors (Lipinski definition) is 2. The molecule has 1 aromatic carbocycles. The van der Waals surface area contributed by atoms with Crippen LogP contribution in [0.3, 0.4) is 0 Å². The van der Waals surface area contributed by atoms with Crippen LogP contribution in [0.4, 0.5) is 14.6 Å². The Morgan fingerprint density at radius 3 is 2.88 bits per heavy atom. The lowest BCUT2D eigenvalue weighted by Crippen LogP contribution is -2.35. The van der Waals surface area contributed by atoms with Gasteiger partial charge in [-0.25, -0.2) is 18.7 Å². The van der Waals surface area contributed by atoms with Crippen molar-refractivity contribution in [1.82, 2.24) is 15.3 Å². The highest BCUT2D eigenvalue weighted by molar-refractivity contribution is 5.94. The zero-order chi connectivity index (χ0) is 17.2. The average Bonchev–Trinajstić information content (AvgIpc) is 2.95. The SMILES string of the molecule is COc1ccccc1-c1cc(NC(=O)C2CC(F)(F)CN2)ncn1. The van der Waals surface area contributed by atoms with Crippen molar-refractivity contribution in [1.29, 1.82) is 0 Å². The first-order valence-corrected chi connectivity index (χ1v) is 7.36. The molecule has 8 heteroatoms. The Kier molecular flexibility index (Phi) is 4.39. The fraction of sp³-hybridized carbons (Fsp3) is 0.312. The molecular formula is C16H16F2N4O2. The van der Waals surface area contributed by atoms with Crippen molar-refractivity contribution < 1.29 is 18.3 Å². The highest BCUT2D eigenvalue weighted by Crippen LogP contribution is 2.29. The van der Waals surface area contributed by atoms with Gasteiger partial charge in [0.15, 0.2) is 0 Å². The van der Waals surface area contributed by atoms with Crippen molar-refractivity contribution in [3.8, 4) is 17.0 Å². The topological polar surface area (TPSA) is 76.1 Å². The van der Waals surface area contributed by atoms with Gasteiger partial charge in [0, 0.05) is 18.1 Å². The van der Waals surface area contributed by atoms with E-state index in [2.05, 4.69) is 20.6 Å². The van der Waals surface area contributed by atoms with Crippen LogP contribution in [0.15, 0.2) is 36.7 Å². The molecule has 1 aliphatic rings. The molecule has 0 bridgehead atoms. The van der Waals surface area contributed by atoms with Gasteiger partial charge in [-0.1, -0.05) is 12.1 Å². The smallest absolute Gasteiger partial charge is 0.262 e. The van der Waals surface area contributed by atoms with Crippen LogP contribution in [-0.2, 0) is 4.79 Å². The van der Waals surface area contributed by atoms with Gasteiger partial charge in [0.05, 0.1) is 25.4 Å². The van der Waals surface area contributed by atoms with E-state index in [0.717, 1.165) is 5.56 Å². The Bertz CT molecular complexity index is 754. The van der Waals surface area contributed by atoms with Crippen molar-refractivity contribution in [2.45, 2.75) is 18.4 Å². The van der Waals surface area contributed by atoms with E-state index in [0.29, 0.717) is 11.4 Å². The number of aromatic nitrogens is 2. The van der Waals surface area contributed by atoms with Crippen LogP contribution in [0, 0.1) is 0 Å². The van der Waals surface area contributed by atoms with Crippen LogP contribution >= 0.6 is 0 Å². The number of nitrogens with one attached hydrogen (secondary N) is 2. The summed E-state index contributed by atoms with van der Waals surface area (Å²) in [6.07, 6.45) is 0.775. The molecule has 2 N–H and O–H groups in total. The maximum absolute atomic E-state index is 13.2. The van der Waals surface area contributed by atoms with Crippen molar-refractivity contribution in [2.75, 3.05) is 19.0 Å². The predicted molar refractivity (Wildman–Crippen MR) is 84.0 cm³/mol. The fourth-order valence-electron chi connectivity index (χ4n) is 2.54. The second-order valence-electron chi connectivity index (χ2n) is 5.47. The number of ether oxygens (including phenoxy) is 1. The molecule has 0 radical (unpaired) electrons. The molecule has 1 saturated heterocycles. The van der Waals surface area contributed by atoms with Crippen LogP contribution in [0.5, 0.6) is 5.75 Å². The molecule has 24 heavy (non-hydrogen) atoms. The molecule has 1 aliphatic heterocycles. The maximum Gasteiger partial charge on any atom is 0.262 e. The lowest BCUT2D eigenvalue weighted by molar-refractivity contribution is -0.118. The molecular weight excluding hydrogens is 318 g/mol. The molecule has 0 aliphatic carbocycles. The molecule has 0 saturated carbocycles. The molecule has 0 spiro atoms. The second kappa shape index (κ2) is 6.48. The third-order valence-electron chi connectivity index (χ3n) is 3.73. The number of methoxy groups -OCH3 is 1. The minimum absolute atomic E-state index is 0.243. The van der Waals surface area contributed by atoms with Crippen molar-refractivity contribution in [2.24, 2.45) is 0 Å². The summed E-state index contributed by atoms with van der Waals surface area (Å²) < 4.78 is 31.6. The van der Waals surface area contributed by atoms with Crippen LogP contribution < -0.4 is 15.4 Å². The third kappa shape index (κ3) is 3.48. The van der Waals surface area contributed by atoms with Crippen LogP contribution in [0.1, 0.15) is 6.42 Å². The fourth-order valence-corrected chi connectivity index (χ4v) is 2.54. The molecule has 1 fully saturated rings. The van der Waals surface area contributed by atoms with Gasteiger partial charge in [-0.05, 0) is 12.1 Å². The van der Waals surface area contributed by atoms with E-state index < -0.39 is 30.8 Å². The number of carbonyl (C=O) groups is 1. The van der Waals surface area contributed by atoms with E-state index in [-0.39, 0.29) is 5.82 Å². The monoisotopic (exact) mass is 334 g/mol. The first-order valence-electron chi connectivity index (χ1n) is 7.36.